The summed E-state index contributed by atoms with van der Waals surface area (Å²) in [5.74, 6) is 0.212. The summed E-state index contributed by atoms with van der Waals surface area (Å²) in [7, 11) is 4.01. The zero-order valence-corrected chi connectivity index (χ0v) is 12.5. The van der Waals surface area contributed by atoms with Crippen molar-refractivity contribution >= 4 is 5.91 Å². The smallest absolute Gasteiger partial charge is 0.236 e. The number of carbonyl (C=O) groups excluding carboxylic acids is 1. The van der Waals surface area contributed by atoms with Crippen LogP contribution in [0.15, 0.2) is 24.5 Å². The molecule has 0 radical (unpaired) electrons. The van der Waals surface area contributed by atoms with Crippen molar-refractivity contribution in [2.45, 2.75) is 6.42 Å². The fourth-order valence-corrected chi connectivity index (χ4v) is 2.29. The highest BCUT2D eigenvalue weighted by molar-refractivity contribution is 5.78. The van der Waals surface area contributed by atoms with Crippen molar-refractivity contribution in [2.24, 2.45) is 0 Å². The van der Waals surface area contributed by atoms with Gasteiger partial charge in [0.1, 0.15) is 0 Å². The fourth-order valence-electron chi connectivity index (χ4n) is 2.29. The van der Waals surface area contributed by atoms with Crippen molar-refractivity contribution in [3.05, 3.63) is 30.1 Å². The molecule has 1 saturated heterocycles. The van der Waals surface area contributed by atoms with Gasteiger partial charge in [-0.1, -0.05) is 0 Å². The molecule has 5 heteroatoms. The molecule has 0 atom stereocenters. The van der Waals surface area contributed by atoms with E-state index in [1.54, 1.807) is 12.4 Å². The Morgan fingerprint density at radius 2 is 1.90 bits per heavy atom. The number of pyridine rings is 1. The first-order valence-corrected chi connectivity index (χ1v) is 7.19. The van der Waals surface area contributed by atoms with Gasteiger partial charge in [-0.25, -0.2) is 0 Å². The molecule has 1 amide bonds. The van der Waals surface area contributed by atoms with E-state index in [0.29, 0.717) is 6.54 Å². The number of piperazine rings is 1. The first-order chi connectivity index (χ1) is 9.65. The van der Waals surface area contributed by atoms with Gasteiger partial charge >= 0.3 is 0 Å². The monoisotopic (exact) mass is 276 g/mol. The summed E-state index contributed by atoms with van der Waals surface area (Å²) in [6.07, 6.45) is 4.47. The van der Waals surface area contributed by atoms with Crippen molar-refractivity contribution in [3.63, 3.8) is 0 Å². The Morgan fingerprint density at radius 3 is 2.55 bits per heavy atom. The molecule has 5 nitrogen and oxygen atoms in total. The van der Waals surface area contributed by atoms with E-state index in [0.717, 1.165) is 39.1 Å². The summed E-state index contributed by atoms with van der Waals surface area (Å²) in [4.78, 5) is 22.5. The zero-order valence-electron chi connectivity index (χ0n) is 12.5. The van der Waals surface area contributed by atoms with Crippen molar-refractivity contribution in [3.8, 4) is 0 Å². The molecule has 1 aromatic rings. The van der Waals surface area contributed by atoms with Crippen LogP contribution in [0.5, 0.6) is 0 Å². The predicted octanol–water partition coefficient (Wildman–Crippen LogP) is 0.330. The highest BCUT2D eigenvalue weighted by Gasteiger charge is 2.18. The van der Waals surface area contributed by atoms with E-state index >= 15 is 0 Å². The van der Waals surface area contributed by atoms with Crippen molar-refractivity contribution < 1.29 is 4.79 Å². The van der Waals surface area contributed by atoms with Gasteiger partial charge in [0.05, 0.1) is 6.54 Å². The summed E-state index contributed by atoms with van der Waals surface area (Å²) in [6.45, 7) is 5.38. The van der Waals surface area contributed by atoms with Gasteiger partial charge in [-0.15, -0.1) is 0 Å². The Bertz CT molecular complexity index is 415. The standard InChI is InChI=1S/C15H24N4O/c1-17-9-11-19(12-10-17)13-15(20)18(2)8-5-14-3-6-16-7-4-14/h3-4,6-7H,5,8-13H2,1-2H3. The summed E-state index contributed by atoms with van der Waals surface area (Å²) in [5.41, 5.74) is 1.22. The SMILES string of the molecule is CN1CCN(CC(=O)N(C)CCc2ccncc2)CC1. The molecule has 0 aromatic carbocycles. The maximum absolute atomic E-state index is 12.2. The van der Waals surface area contributed by atoms with Crippen molar-refractivity contribution in [1.82, 2.24) is 19.7 Å². The molecule has 1 aliphatic heterocycles. The number of amides is 1. The summed E-state index contributed by atoms with van der Waals surface area (Å²) in [5, 5.41) is 0. The molecule has 1 fully saturated rings. The minimum atomic E-state index is 0.212. The molecule has 0 bridgehead atoms. The van der Waals surface area contributed by atoms with Crippen LogP contribution in [0, 0.1) is 0 Å². The minimum Gasteiger partial charge on any atom is -0.344 e. The molecule has 0 N–H and O–H groups in total. The van der Waals surface area contributed by atoms with E-state index in [2.05, 4.69) is 21.8 Å². The molecule has 0 saturated carbocycles. The van der Waals surface area contributed by atoms with Crippen LogP contribution in [-0.4, -0.2) is 79.0 Å². The number of hydrogen-bond acceptors (Lipinski definition) is 4. The highest BCUT2D eigenvalue weighted by atomic mass is 16.2. The van der Waals surface area contributed by atoms with Gasteiger partial charge < -0.3 is 9.80 Å². The molecule has 20 heavy (non-hydrogen) atoms. The molecule has 110 valence electrons. The molecule has 2 heterocycles. The minimum absolute atomic E-state index is 0.212. The second kappa shape index (κ2) is 7.36. The Kier molecular flexibility index (Phi) is 5.49. The van der Waals surface area contributed by atoms with Gasteiger partial charge in [-0.2, -0.15) is 0 Å². The molecule has 1 aliphatic rings. The molecular weight excluding hydrogens is 252 g/mol. The van der Waals surface area contributed by atoms with Crippen LogP contribution in [0.4, 0.5) is 0 Å². The lowest BCUT2D eigenvalue weighted by Gasteiger charge is -2.32. The van der Waals surface area contributed by atoms with Gasteiger partial charge in [0.25, 0.3) is 0 Å². The van der Waals surface area contributed by atoms with E-state index in [-0.39, 0.29) is 5.91 Å². The van der Waals surface area contributed by atoms with Crippen LogP contribution in [0.2, 0.25) is 0 Å². The van der Waals surface area contributed by atoms with Crippen LogP contribution in [0.1, 0.15) is 5.56 Å². The number of aromatic nitrogens is 1. The van der Waals surface area contributed by atoms with Crippen molar-refractivity contribution in [1.29, 1.82) is 0 Å². The lowest BCUT2D eigenvalue weighted by molar-refractivity contribution is -0.131. The number of likely N-dealkylation sites (N-methyl/N-ethyl adjacent to an activating group) is 2. The van der Waals surface area contributed by atoms with Gasteiger partial charge in [0.2, 0.25) is 5.91 Å². The molecule has 1 aromatic heterocycles. The van der Waals surface area contributed by atoms with Crippen molar-refractivity contribution in [2.75, 3.05) is 53.4 Å². The summed E-state index contributed by atoms with van der Waals surface area (Å²) >= 11 is 0. The van der Waals surface area contributed by atoms with Crippen LogP contribution in [0.3, 0.4) is 0 Å². The quantitative estimate of drug-likeness (QED) is 0.777. The van der Waals surface area contributed by atoms with Gasteiger partial charge in [0.15, 0.2) is 0 Å². The highest BCUT2D eigenvalue weighted by Crippen LogP contribution is 2.02. The van der Waals surface area contributed by atoms with E-state index in [9.17, 15) is 4.79 Å². The second-order valence-corrected chi connectivity index (χ2v) is 5.50. The molecular formula is C15H24N4O. The zero-order chi connectivity index (χ0) is 14.4. The fraction of sp³-hybridized carbons (Fsp3) is 0.600. The van der Waals surface area contributed by atoms with E-state index in [4.69, 9.17) is 0 Å². The second-order valence-electron chi connectivity index (χ2n) is 5.50. The average Bonchev–Trinajstić information content (AvgIpc) is 2.48. The third-order valence-electron chi connectivity index (χ3n) is 3.87. The maximum Gasteiger partial charge on any atom is 0.236 e. The Hall–Kier alpha value is -1.46. The molecule has 2 rings (SSSR count). The van der Waals surface area contributed by atoms with E-state index in [1.807, 2.05) is 24.1 Å². The van der Waals surface area contributed by atoms with Gasteiger partial charge in [-0.3, -0.25) is 14.7 Å². The third kappa shape index (κ3) is 4.58. The Balaban J connectivity index is 1.72. The maximum atomic E-state index is 12.2. The number of rotatable bonds is 5. The molecule has 0 spiro atoms. The number of carbonyl (C=O) groups is 1. The van der Waals surface area contributed by atoms with Crippen LogP contribution in [0.25, 0.3) is 0 Å². The lowest BCUT2D eigenvalue weighted by atomic mass is 10.2. The van der Waals surface area contributed by atoms with Crippen LogP contribution >= 0.6 is 0 Å². The topological polar surface area (TPSA) is 39.7 Å². The Labute approximate surface area is 121 Å². The van der Waals surface area contributed by atoms with Crippen LogP contribution < -0.4 is 0 Å². The van der Waals surface area contributed by atoms with Gasteiger partial charge in [-0.05, 0) is 31.2 Å². The first-order valence-electron chi connectivity index (χ1n) is 7.19. The average molecular weight is 276 g/mol. The lowest BCUT2D eigenvalue weighted by Crippen LogP contribution is -2.48. The van der Waals surface area contributed by atoms with E-state index in [1.165, 1.54) is 5.56 Å². The van der Waals surface area contributed by atoms with E-state index < -0.39 is 0 Å². The van der Waals surface area contributed by atoms with Gasteiger partial charge in [0, 0.05) is 52.2 Å². The largest absolute Gasteiger partial charge is 0.344 e. The normalized spacial score (nSPS) is 17.1. The summed E-state index contributed by atoms with van der Waals surface area (Å²) < 4.78 is 0. The predicted molar refractivity (Wildman–Crippen MR) is 79.5 cm³/mol. The number of hydrogen-bond donors (Lipinski definition) is 0. The first kappa shape index (κ1) is 14.9. The Morgan fingerprint density at radius 1 is 1.25 bits per heavy atom. The summed E-state index contributed by atoms with van der Waals surface area (Å²) in [6, 6.07) is 4.00. The number of nitrogens with zero attached hydrogens (tertiary/aromatic N) is 4. The molecule has 0 aliphatic carbocycles. The third-order valence-corrected chi connectivity index (χ3v) is 3.87. The van der Waals surface area contributed by atoms with Crippen LogP contribution in [-0.2, 0) is 11.2 Å². The molecule has 0 unspecified atom stereocenters.